The lowest BCUT2D eigenvalue weighted by Gasteiger charge is -2.33. The first-order valence-corrected chi connectivity index (χ1v) is 8.12. The van der Waals surface area contributed by atoms with Crippen LogP contribution in [0.25, 0.3) is 0 Å². The molecule has 0 N–H and O–H groups in total. The molecule has 2 aromatic rings. The average Bonchev–Trinajstić information content (AvgIpc) is 2.66. The van der Waals surface area contributed by atoms with E-state index in [1.807, 2.05) is 12.1 Å². The van der Waals surface area contributed by atoms with E-state index in [4.69, 9.17) is 9.47 Å². The second kappa shape index (κ2) is 7.75. The second-order valence-corrected chi connectivity index (χ2v) is 5.97. The van der Waals surface area contributed by atoms with Crippen molar-refractivity contribution in [1.29, 1.82) is 0 Å². The van der Waals surface area contributed by atoms with Crippen LogP contribution in [0.2, 0.25) is 0 Å². The molecule has 1 fully saturated rings. The number of Topliss-reactive ketones (excluding diaryl/α,β-unsaturated/α-hetero) is 1. The van der Waals surface area contributed by atoms with Crippen LogP contribution in [0.1, 0.15) is 27.1 Å². The van der Waals surface area contributed by atoms with Gasteiger partial charge in [0, 0.05) is 12.3 Å². The number of carbonyl (C=O) groups excluding carboxylic acids is 3. The molecule has 2 atom stereocenters. The van der Waals surface area contributed by atoms with Crippen LogP contribution in [-0.4, -0.2) is 30.9 Å². The summed E-state index contributed by atoms with van der Waals surface area (Å²) in [5.74, 6) is -1.36. The lowest BCUT2D eigenvalue weighted by molar-refractivity contribution is -0.138. The number of benzene rings is 2. The van der Waals surface area contributed by atoms with Gasteiger partial charge in [-0.3, -0.25) is 4.79 Å². The van der Waals surface area contributed by atoms with E-state index < -0.39 is 17.9 Å². The number of ketones is 1. The molecular weight excluding hydrogens is 320 g/mol. The Kier molecular flexibility index (Phi) is 5.23. The molecule has 0 saturated heterocycles. The fourth-order valence-electron chi connectivity index (χ4n) is 2.72. The van der Waals surface area contributed by atoms with Gasteiger partial charge in [-0.15, -0.1) is 0 Å². The predicted molar refractivity (Wildman–Crippen MR) is 90.1 cm³/mol. The second-order valence-electron chi connectivity index (χ2n) is 5.97. The Bertz CT molecular complexity index is 754. The summed E-state index contributed by atoms with van der Waals surface area (Å²) in [7, 11) is 0. The van der Waals surface area contributed by atoms with Gasteiger partial charge in [0.15, 0.2) is 0 Å². The number of hydrogen-bond donors (Lipinski definition) is 0. The Labute approximate surface area is 145 Å². The van der Waals surface area contributed by atoms with Crippen molar-refractivity contribution < 1.29 is 23.9 Å². The molecule has 0 heterocycles. The third-order valence-electron chi connectivity index (χ3n) is 4.29. The molecule has 0 bridgehead atoms. The fraction of sp³-hybridized carbons (Fsp3) is 0.250. The molecule has 25 heavy (non-hydrogen) atoms. The van der Waals surface area contributed by atoms with Crippen LogP contribution in [0, 0.1) is 11.8 Å². The minimum Gasteiger partial charge on any atom is -0.462 e. The monoisotopic (exact) mass is 338 g/mol. The molecule has 0 spiro atoms. The van der Waals surface area contributed by atoms with Crippen molar-refractivity contribution in [3.05, 3.63) is 71.8 Å². The maximum absolute atomic E-state index is 11.9. The SMILES string of the molecule is O=C(OC[C@@H]1CC(=O)[C@@H]1COC(=O)c1ccccc1)c1ccccc1. The van der Waals surface area contributed by atoms with E-state index in [9.17, 15) is 14.4 Å². The minimum atomic E-state index is -0.458. The van der Waals surface area contributed by atoms with E-state index in [-0.39, 0.29) is 24.9 Å². The highest BCUT2D eigenvalue weighted by atomic mass is 16.5. The van der Waals surface area contributed by atoms with E-state index in [1.165, 1.54) is 0 Å². The maximum atomic E-state index is 11.9. The summed E-state index contributed by atoms with van der Waals surface area (Å²) >= 11 is 0. The summed E-state index contributed by atoms with van der Waals surface area (Å²) < 4.78 is 10.5. The number of carbonyl (C=O) groups is 3. The van der Waals surface area contributed by atoms with E-state index >= 15 is 0 Å². The summed E-state index contributed by atoms with van der Waals surface area (Å²) in [5, 5.41) is 0. The van der Waals surface area contributed by atoms with Crippen LogP contribution in [0.3, 0.4) is 0 Å². The summed E-state index contributed by atoms with van der Waals surface area (Å²) in [6.45, 7) is 0.160. The third-order valence-corrected chi connectivity index (χ3v) is 4.29. The maximum Gasteiger partial charge on any atom is 0.338 e. The first-order valence-electron chi connectivity index (χ1n) is 8.12. The molecule has 0 aliphatic heterocycles. The first kappa shape index (κ1) is 16.9. The lowest BCUT2D eigenvalue weighted by Crippen LogP contribution is -2.43. The van der Waals surface area contributed by atoms with Crippen molar-refractivity contribution in [3.63, 3.8) is 0 Å². The molecule has 0 unspecified atom stereocenters. The van der Waals surface area contributed by atoms with Crippen molar-refractivity contribution in [2.24, 2.45) is 11.8 Å². The molecule has 0 amide bonds. The van der Waals surface area contributed by atoms with Crippen molar-refractivity contribution in [1.82, 2.24) is 0 Å². The third kappa shape index (κ3) is 4.12. The number of hydrogen-bond acceptors (Lipinski definition) is 5. The van der Waals surface area contributed by atoms with Gasteiger partial charge in [0.2, 0.25) is 0 Å². The normalized spacial score (nSPS) is 19.0. The van der Waals surface area contributed by atoms with Gasteiger partial charge in [0.25, 0.3) is 0 Å². The predicted octanol–water partition coefficient (Wildman–Crippen LogP) is 2.91. The molecular formula is C20H18O5. The highest BCUT2D eigenvalue weighted by molar-refractivity contribution is 5.91. The smallest absolute Gasteiger partial charge is 0.338 e. The van der Waals surface area contributed by atoms with Gasteiger partial charge in [-0.2, -0.15) is 0 Å². The quantitative estimate of drug-likeness (QED) is 0.758. The molecule has 5 heteroatoms. The zero-order valence-electron chi connectivity index (χ0n) is 13.6. The van der Waals surface area contributed by atoms with E-state index in [0.29, 0.717) is 17.5 Å². The van der Waals surface area contributed by atoms with Crippen LogP contribution >= 0.6 is 0 Å². The van der Waals surface area contributed by atoms with Crippen LogP contribution in [0.15, 0.2) is 60.7 Å². The molecule has 1 aliphatic carbocycles. The highest BCUT2D eigenvalue weighted by Gasteiger charge is 2.41. The highest BCUT2D eigenvalue weighted by Crippen LogP contribution is 2.31. The van der Waals surface area contributed by atoms with Gasteiger partial charge in [-0.1, -0.05) is 36.4 Å². The largest absolute Gasteiger partial charge is 0.462 e. The van der Waals surface area contributed by atoms with E-state index in [1.54, 1.807) is 48.5 Å². The molecule has 1 aliphatic rings. The Hall–Kier alpha value is -2.95. The number of ether oxygens (including phenoxy) is 2. The molecule has 5 nitrogen and oxygen atoms in total. The zero-order chi connectivity index (χ0) is 17.6. The van der Waals surface area contributed by atoms with Gasteiger partial charge in [-0.25, -0.2) is 9.59 Å². The topological polar surface area (TPSA) is 69.7 Å². The summed E-state index contributed by atoms with van der Waals surface area (Å²) in [5.41, 5.74) is 0.918. The van der Waals surface area contributed by atoms with Crippen molar-refractivity contribution in [2.45, 2.75) is 6.42 Å². The Morgan fingerprint density at radius 2 is 1.28 bits per heavy atom. The Balaban J connectivity index is 1.48. The van der Waals surface area contributed by atoms with Crippen LogP contribution < -0.4 is 0 Å². The first-order chi connectivity index (χ1) is 12.1. The van der Waals surface area contributed by atoms with Gasteiger partial charge in [-0.05, 0) is 24.3 Å². The molecule has 128 valence electrons. The number of rotatable bonds is 6. The van der Waals surface area contributed by atoms with Crippen LogP contribution in [0.4, 0.5) is 0 Å². The van der Waals surface area contributed by atoms with E-state index in [2.05, 4.69) is 0 Å². The van der Waals surface area contributed by atoms with E-state index in [0.717, 1.165) is 0 Å². The van der Waals surface area contributed by atoms with Crippen molar-refractivity contribution in [2.75, 3.05) is 13.2 Å². The van der Waals surface area contributed by atoms with Gasteiger partial charge in [0.05, 0.1) is 23.7 Å². The van der Waals surface area contributed by atoms with Crippen molar-refractivity contribution >= 4 is 17.7 Å². The van der Waals surface area contributed by atoms with Gasteiger partial charge in [0.1, 0.15) is 12.4 Å². The van der Waals surface area contributed by atoms with Gasteiger partial charge >= 0.3 is 11.9 Å². The van der Waals surface area contributed by atoms with Crippen molar-refractivity contribution in [3.8, 4) is 0 Å². The summed E-state index contributed by atoms with van der Waals surface area (Å²) in [4.78, 5) is 35.6. The van der Waals surface area contributed by atoms with Crippen LogP contribution in [-0.2, 0) is 14.3 Å². The molecule has 1 saturated carbocycles. The Morgan fingerprint density at radius 3 is 1.76 bits per heavy atom. The van der Waals surface area contributed by atoms with Crippen LogP contribution in [0.5, 0.6) is 0 Å². The molecule has 2 aromatic carbocycles. The fourth-order valence-corrected chi connectivity index (χ4v) is 2.72. The Morgan fingerprint density at radius 1 is 0.800 bits per heavy atom. The average molecular weight is 338 g/mol. The minimum absolute atomic E-state index is 0.0140. The molecule has 0 aromatic heterocycles. The lowest BCUT2D eigenvalue weighted by atomic mass is 9.73. The number of esters is 2. The summed E-state index contributed by atoms with van der Waals surface area (Å²) in [6.07, 6.45) is 0.343. The van der Waals surface area contributed by atoms with Gasteiger partial charge < -0.3 is 9.47 Å². The zero-order valence-corrected chi connectivity index (χ0v) is 13.6. The standard InChI is InChI=1S/C20H18O5/c21-18-11-16(12-24-19(22)14-7-3-1-4-8-14)17(18)13-25-20(23)15-9-5-2-6-10-15/h1-10,16-17H,11-13H2/t16-,17+/m0/s1. The molecule has 0 radical (unpaired) electrons. The molecule has 3 rings (SSSR count). The summed E-state index contributed by atoms with van der Waals surface area (Å²) in [6, 6.07) is 17.3.